The van der Waals surface area contributed by atoms with E-state index in [0.717, 1.165) is 24.5 Å². The fraction of sp³-hybridized carbons (Fsp3) is 0.889. The maximum Gasteiger partial charge on any atom is 0.166 e. The van der Waals surface area contributed by atoms with E-state index in [-0.39, 0.29) is 5.54 Å². The summed E-state index contributed by atoms with van der Waals surface area (Å²) in [5, 5.41) is 7.17. The average Bonchev–Trinajstić information content (AvgIpc) is 2.05. The Bertz CT molecular complexity index is 141. The number of nitrogens with one attached hydrogen (secondary N) is 2. The predicted octanol–water partition coefficient (Wildman–Crippen LogP) is 2.05. The molecular formula is C9H20N2S. The molecule has 0 aliphatic heterocycles. The Morgan fingerprint density at radius 2 is 1.75 bits per heavy atom. The maximum absolute atomic E-state index is 5.11. The standard InChI is InChI=1S/C9H20N2S/c1-5-9(4,6-2)11-8(12)10-7-3/h5-7H2,1-4H3,(H2,10,11,12). The molecule has 0 aromatic rings. The molecule has 0 aromatic heterocycles. The van der Waals surface area contributed by atoms with Crippen molar-refractivity contribution in [2.45, 2.75) is 46.1 Å². The monoisotopic (exact) mass is 188 g/mol. The van der Waals surface area contributed by atoms with Crippen LogP contribution in [0.25, 0.3) is 0 Å². The summed E-state index contributed by atoms with van der Waals surface area (Å²) in [6.45, 7) is 9.46. The van der Waals surface area contributed by atoms with Gasteiger partial charge in [-0.3, -0.25) is 0 Å². The van der Waals surface area contributed by atoms with Gasteiger partial charge in [0.15, 0.2) is 5.11 Å². The lowest BCUT2D eigenvalue weighted by molar-refractivity contribution is 0.387. The van der Waals surface area contributed by atoms with Crippen LogP contribution in [0.1, 0.15) is 40.5 Å². The molecule has 3 heteroatoms. The third-order valence-electron chi connectivity index (χ3n) is 2.31. The van der Waals surface area contributed by atoms with E-state index < -0.39 is 0 Å². The molecule has 0 aliphatic rings. The summed E-state index contributed by atoms with van der Waals surface area (Å²) in [5.74, 6) is 0. The quantitative estimate of drug-likeness (QED) is 0.660. The maximum atomic E-state index is 5.11. The summed E-state index contributed by atoms with van der Waals surface area (Å²) in [6, 6.07) is 0. The molecule has 2 nitrogen and oxygen atoms in total. The molecule has 0 aliphatic carbocycles. The van der Waals surface area contributed by atoms with Crippen LogP contribution in [-0.4, -0.2) is 17.2 Å². The third-order valence-corrected chi connectivity index (χ3v) is 2.56. The molecule has 72 valence electrons. The highest BCUT2D eigenvalue weighted by atomic mass is 32.1. The predicted molar refractivity (Wildman–Crippen MR) is 58.4 cm³/mol. The molecular weight excluding hydrogens is 168 g/mol. The van der Waals surface area contributed by atoms with E-state index in [0.29, 0.717) is 0 Å². The molecule has 0 unspecified atom stereocenters. The van der Waals surface area contributed by atoms with E-state index in [1.165, 1.54) is 0 Å². The van der Waals surface area contributed by atoms with Crippen LogP contribution in [-0.2, 0) is 0 Å². The van der Waals surface area contributed by atoms with Crippen molar-refractivity contribution in [2.75, 3.05) is 6.54 Å². The largest absolute Gasteiger partial charge is 0.363 e. The van der Waals surface area contributed by atoms with Crippen molar-refractivity contribution < 1.29 is 0 Å². The fourth-order valence-corrected chi connectivity index (χ4v) is 1.30. The lowest BCUT2D eigenvalue weighted by Gasteiger charge is -2.29. The van der Waals surface area contributed by atoms with Gasteiger partial charge >= 0.3 is 0 Å². The lowest BCUT2D eigenvalue weighted by Crippen LogP contribution is -2.49. The zero-order chi connectivity index (χ0) is 9.61. The molecule has 0 saturated heterocycles. The molecule has 12 heavy (non-hydrogen) atoms. The summed E-state index contributed by atoms with van der Waals surface area (Å²) < 4.78 is 0. The fourth-order valence-electron chi connectivity index (χ4n) is 0.906. The van der Waals surface area contributed by atoms with E-state index in [4.69, 9.17) is 12.2 Å². The van der Waals surface area contributed by atoms with Gasteiger partial charge in [-0.25, -0.2) is 0 Å². The Kier molecular flexibility index (Phi) is 5.22. The molecule has 0 bridgehead atoms. The van der Waals surface area contributed by atoms with Crippen molar-refractivity contribution in [1.82, 2.24) is 10.6 Å². The number of thiocarbonyl (C=S) groups is 1. The Balaban J connectivity index is 3.93. The van der Waals surface area contributed by atoms with Gasteiger partial charge in [-0.1, -0.05) is 13.8 Å². The molecule has 0 saturated carbocycles. The first kappa shape index (κ1) is 11.7. The lowest BCUT2D eigenvalue weighted by atomic mass is 9.96. The second kappa shape index (κ2) is 5.36. The van der Waals surface area contributed by atoms with E-state index in [1.54, 1.807) is 0 Å². The van der Waals surface area contributed by atoms with Crippen LogP contribution < -0.4 is 10.6 Å². The summed E-state index contributed by atoms with van der Waals surface area (Å²) in [6.07, 6.45) is 2.18. The Hall–Kier alpha value is -0.310. The van der Waals surface area contributed by atoms with E-state index in [1.807, 2.05) is 6.92 Å². The average molecular weight is 188 g/mol. The van der Waals surface area contributed by atoms with Gasteiger partial charge in [0.1, 0.15) is 0 Å². The highest BCUT2D eigenvalue weighted by molar-refractivity contribution is 7.80. The molecule has 0 fully saturated rings. The minimum atomic E-state index is 0.152. The van der Waals surface area contributed by atoms with Crippen LogP contribution in [0.15, 0.2) is 0 Å². The normalized spacial score (nSPS) is 11.0. The minimum absolute atomic E-state index is 0.152. The summed E-state index contributed by atoms with van der Waals surface area (Å²) in [4.78, 5) is 0. The van der Waals surface area contributed by atoms with Crippen LogP contribution in [0, 0.1) is 0 Å². The van der Waals surface area contributed by atoms with E-state index in [9.17, 15) is 0 Å². The van der Waals surface area contributed by atoms with Crippen molar-refractivity contribution in [3.8, 4) is 0 Å². The van der Waals surface area contributed by atoms with Gasteiger partial charge in [0, 0.05) is 12.1 Å². The molecule has 0 aromatic carbocycles. The van der Waals surface area contributed by atoms with Gasteiger partial charge in [0.25, 0.3) is 0 Å². The zero-order valence-electron chi connectivity index (χ0n) is 8.53. The molecule has 0 spiro atoms. The first-order valence-electron chi connectivity index (χ1n) is 4.64. The Morgan fingerprint density at radius 3 is 2.08 bits per heavy atom. The number of rotatable bonds is 4. The van der Waals surface area contributed by atoms with Crippen LogP contribution in [0.2, 0.25) is 0 Å². The third kappa shape index (κ3) is 3.90. The zero-order valence-corrected chi connectivity index (χ0v) is 9.35. The topological polar surface area (TPSA) is 24.1 Å². The minimum Gasteiger partial charge on any atom is -0.363 e. The van der Waals surface area contributed by atoms with Crippen LogP contribution >= 0.6 is 12.2 Å². The summed E-state index contributed by atoms with van der Waals surface area (Å²) in [7, 11) is 0. The summed E-state index contributed by atoms with van der Waals surface area (Å²) >= 11 is 5.11. The number of hydrogen-bond acceptors (Lipinski definition) is 1. The van der Waals surface area contributed by atoms with Gasteiger partial charge in [-0.2, -0.15) is 0 Å². The van der Waals surface area contributed by atoms with Crippen LogP contribution in [0.5, 0.6) is 0 Å². The summed E-state index contributed by atoms with van der Waals surface area (Å²) in [5.41, 5.74) is 0.152. The van der Waals surface area contributed by atoms with Crippen molar-refractivity contribution >= 4 is 17.3 Å². The van der Waals surface area contributed by atoms with Gasteiger partial charge in [-0.05, 0) is 38.9 Å². The SMILES string of the molecule is CCNC(=S)NC(C)(CC)CC. The second-order valence-electron chi connectivity index (χ2n) is 3.25. The Labute approximate surface area is 81.1 Å². The first-order chi connectivity index (χ1) is 5.58. The van der Waals surface area contributed by atoms with Crippen molar-refractivity contribution in [3.05, 3.63) is 0 Å². The van der Waals surface area contributed by atoms with Gasteiger partial charge in [0.2, 0.25) is 0 Å². The molecule has 2 N–H and O–H groups in total. The van der Waals surface area contributed by atoms with Crippen LogP contribution in [0.4, 0.5) is 0 Å². The van der Waals surface area contributed by atoms with E-state index in [2.05, 4.69) is 31.4 Å². The van der Waals surface area contributed by atoms with E-state index >= 15 is 0 Å². The molecule has 0 rings (SSSR count). The first-order valence-corrected chi connectivity index (χ1v) is 5.04. The van der Waals surface area contributed by atoms with Crippen LogP contribution in [0.3, 0.4) is 0 Å². The van der Waals surface area contributed by atoms with Crippen molar-refractivity contribution in [3.63, 3.8) is 0 Å². The smallest absolute Gasteiger partial charge is 0.166 e. The second-order valence-corrected chi connectivity index (χ2v) is 3.66. The highest BCUT2D eigenvalue weighted by Crippen LogP contribution is 2.12. The highest BCUT2D eigenvalue weighted by Gasteiger charge is 2.19. The molecule has 0 radical (unpaired) electrons. The Morgan fingerprint density at radius 1 is 1.25 bits per heavy atom. The molecule has 0 heterocycles. The molecule has 0 atom stereocenters. The van der Waals surface area contributed by atoms with Gasteiger partial charge in [-0.15, -0.1) is 0 Å². The van der Waals surface area contributed by atoms with Gasteiger partial charge < -0.3 is 10.6 Å². The number of hydrogen-bond donors (Lipinski definition) is 2. The molecule has 0 amide bonds. The van der Waals surface area contributed by atoms with Crippen molar-refractivity contribution in [2.24, 2.45) is 0 Å². The van der Waals surface area contributed by atoms with Gasteiger partial charge in [0.05, 0.1) is 0 Å². The van der Waals surface area contributed by atoms with Crippen molar-refractivity contribution in [1.29, 1.82) is 0 Å².